The molecule has 7 heteroatoms. The number of carbonyl (C=O) groups is 1. The van der Waals surface area contributed by atoms with Crippen molar-refractivity contribution < 1.29 is 19.4 Å². The highest BCUT2D eigenvalue weighted by Crippen LogP contribution is 2.20. The van der Waals surface area contributed by atoms with Gasteiger partial charge in [-0.05, 0) is 48.9 Å². The van der Waals surface area contributed by atoms with Gasteiger partial charge in [-0.2, -0.15) is 5.10 Å². The van der Waals surface area contributed by atoms with E-state index in [1.165, 1.54) is 12.3 Å². The van der Waals surface area contributed by atoms with Crippen molar-refractivity contribution in [1.29, 1.82) is 0 Å². The summed E-state index contributed by atoms with van der Waals surface area (Å²) in [5, 5.41) is 13.5. The Labute approximate surface area is 161 Å². The number of halogens is 1. The zero-order chi connectivity index (χ0) is 18.8. The number of hydrogen-bond donors (Lipinski definition) is 2. The maximum absolute atomic E-state index is 11.8. The van der Waals surface area contributed by atoms with E-state index >= 15 is 0 Å². The predicted molar refractivity (Wildman–Crippen MR) is 104 cm³/mol. The molecule has 0 bridgehead atoms. The topological polar surface area (TPSA) is 80.2 Å². The molecular formula is C19H21BrN2O4. The second-order valence-electron chi connectivity index (χ2n) is 5.46. The number of hydrogen-bond acceptors (Lipinski definition) is 5. The number of nitrogens with zero attached hydrogens (tertiary/aromatic N) is 1. The molecule has 138 valence electrons. The molecule has 2 aromatic carbocycles. The van der Waals surface area contributed by atoms with Crippen LogP contribution in [0.15, 0.2) is 52.0 Å². The summed E-state index contributed by atoms with van der Waals surface area (Å²) in [4.78, 5) is 11.8. The first-order valence-corrected chi connectivity index (χ1v) is 9.04. The molecule has 6 nitrogen and oxygen atoms in total. The lowest BCUT2D eigenvalue weighted by molar-refractivity contribution is -0.123. The fourth-order valence-corrected chi connectivity index (χ4v) is 2.33. The molecule has 0 fully saturated rings. The van der Waals surface area contributed by atoms with Gasteiger partial charge >= 0.3 is 0 Å². The Morgan fingerprint density at radius 1 is 1.19 bits per heavy atom. The summed E-state index contributed by atoms with van der Waals surface area (Å²) in [7, 11) is 0. The third kappa shape index (κ3) is 6.76. The fraction of sp³-hybridized carbons (Fsp3) is 0.263. The molecule has 0 aliphatic rings. The van der Waals surface area contributed by atoms with E-state index in [-0.39, 0.29) is 12.4 Å². The monoisotopic (exact) mass is 420 g/mol. The van der Waals surface area contributed by atoms with E-state index in [0.717, 1.165) is 23.1 Å². The highest BCUT2D eigenvalue weighted by Gasteiger charge is 2.03. The van der Waals surface area contributed by atoms with Crippen LogP contribution in [0, 0.1) is 0 Å². The molecule has 1 amide bonds. The van der Waals surface area contributed by atoms with Crippen molar-refractivity contribution in [2.24, 2.45) is 5.10 Å². The van der Waals surface area contributed by atoms with Crippen LogP contribution in [0.1, 0.15) is 25.3 Å². The molecule has 0 radical (unpaired) electrons. The molecule has 0 saturated carbocycles. The molecule has 0 saturated heterocycles. The number of ether oxygens (including phenoxy) is 2. The van der Waals surface area contributed by atoms with E-state index in [4.69, 9.17) is 9.47 Å². The van der Waals surface area contributed by atoms with Crippen LogP contribution in [0.4, 0.5) is 0 Å². The summed E-state index contributed by atoms with van der Waals surface area (Å²) >= 11 is 3.30. The van der Waals surface area contributed by atoms with Gasteiger partial charge in [-0.15, -0.1) is 0 Å². The number of carbonyl (C=O) groups excluding carboxylic acids is 1. The number of benzene rings is 2. The summed E-state index contributed by atoms with van der Waals surface area (Å²) in [6, 6.07) is 12.0. The normalized spacial score (nSPS) is 10.7. The highest BCUT2D eigenvalue weighted by molar-refractivity contribution is 9.10. The Morgan fingerprint density at radius 3 is 2.58 bits per heavy atom. The van der Waals surface area contributed by atoms with Gasteiger partial charge in [0.1, 0.15) is 17.2 Å². The number of rotatable bonds is 9. The third-order valence-corrected chi connectivity index (χ3v) is 3.84. The van der Waals surface area contributed by atoms with Gasteiger partial charge in [0.05, 0.1) is 12.8 Å². The molecule has 0 aromatic heterocycles. The Bertz CT molecular complexity index is 748. The molecule has 2 aromatic rings. The number of phenols is 1. The molecular weight excluding hydrogens is 400 g/mol. The van der Waals surface area contributed by atoms with Crippen molar-refractivity contribution >= 4 is 28.1 Å². The maximum atomic E-state index is 11.8. The van der Waals surface area contributed by atoms with Gasteiger partial charge in [0.2, 0.25) is 0 Å². The second kappa shape index (κ2) is 10.5. The van der Waals surface area contributed by atoms with Gasteiger partial charge in [-0.1, -0.05) is 29.3 Å². The molecule has 2 rings (SSSR count). The largest absolute Gasteiger partial charge is 0.507 e. The van der Waals surface area contributed by atoms with Crippen LogP contribution in [-0.4, -0.2) is 30.4 Å². The van der Waals surface area contributed by atoms with Gasteiger partial charge in [-0.25, -0.2) is 5.43 Å². The molecule has 0 aliphatic heterocycles. The van der Waals surface area contributed by atoms with Crippen LogP contribution >= 0.6 is 15.9 Å². The average Bonchev–Trinajstić information content (AvgIpc) is 2.64. The van der Waals surface area contributed by atoms with Crippen molar-refractivity contribution in [3.8, 4) is 17.2 Å². The minimum atomic E-state index is -0.404. The van der Waals surface area contributed by atoms with Crippen LogP contribution in [0.25, 0.3) is 0 Å². The Hall–Kier alpha value is -2.54. The number of aromatic hydroxyl groups is 1. The first-order chi connectivity index (χ1) is 12.6. The summed E-state index contributed by atoms with van der Waals surface area (Å²) in [6.45, 7) is 2.62. The van der Waals surface area contributed by atoms with Crippen molar-refractivity contribution in [1.82, 2.24) is 5.43 Å². The molecule has 0 spiro atoms. The average molecular weight is 421 g/mol. The van der Waals surface area contributed by atoms with Crippen molar-refractivity contribution in [2.75, 3.05) is 13.2 Å². The van der Waals surface area contributed by atoms with Crippen LogP contribution in [0.2, 0.25) is 0 Å². The SMILES string of the molecule is CCCCOc1ccc(OCC(=O)N/N=C/c2cc(Br)ccc2O)cc1. The van der Waals surface area contributed by atoms with E-state index in [1.807, 2.05) is 0 Å². The van der Waals surface area contributed by atoms with Gasteiger partial charge < -0.3 is 14.6 Å². The summed E-state index contributed by atoms with van der Waals surface area (Å²) in [5.41, 5.74) is 2.83. The van der Waals surface area contributed by atoms with Crippen LogP contribution < -0.4 is 14.9 Å². The van der Waals surface area contributed by atoms with Crippen LogP contribution in [0.5, 0.6) is 17.2 Å². The van der Waals surface area contributed by atoms with Gasteiger partial charge in [0.25, 0.3) is 5.91 Å². The standard InChI is InChI=1S/C19H21BrN2O4/c1-2-3-10-25-16-5-7-17(8-6-16)26-13-19(24)22-21-12-14-11-15(20)4-9-18(14)23/h4-9,11-12,23H,2-3,10,13H2,1H3,(H,22,24)/b21-12+. The number of hydrazone groups is 1. The molecule has 0 aliphatic carbocycles. The summed E-state index contributed by atoms with van der Waals surface area (Å²) < 4.78 is 11.8. The quantitative estimate of drug-likeness (QED) is 0.366. The predicted octanol–water partition coefficient (Wildman–Crippen LogP) is 3.86. The van der Waals surface area contributed by atoms with Crippen LogP contribution in [0.3, 0.4) is 0 Å². The van der Waals surface area contributed by atoms with E-state index < -0.39 is 5.91 Å². The minimum absolute atomic E-state index is 0.0729. The fourth-order valence-electron chi connectivity index (χ4n) is 1.95. The lowest BCUT2D eigenvalue weighted by Gasteiger charge is -2.08. The Morgan fingerprint density at radius 2 is 1.88 bits per heavy atom. The van der Waals surface area contributed by atoms with E-state index in [1.54, 1.807) is 36.4 Å². The van der Waals surface area contributed by atoms with Gasteiger partial charge in [0.15, 0.2) is 6.61 Å². The zero-order valence-electron chi connectivity index (χ0n) is 14.4. The number of amides is 1. The van der Waals surface area contributed by atoms with Crippen molar-refractivity contribution in [3.63, 3.8) is 0 Å². The maximum Gasteiger partial charge on any atom is 0.277 e. The Kier molecular flexibility index (Phi) is 7.95. The zero-order valence-corrected chi connectivity index (χ0v) is 16.0. The van der Waals surface area contributed by atoms with E-state index in [9.17, 15) is 9.90 Å². The molecule has 26 heavy (non-hydrogen) atoms. The lowest BCUT2D eigenvalue weighted by Crippen LogP contribution is -2.24. The minimum Gasteiger partial charge on any atom is -0.507 e. The first-order valence-electron chi connectivity index (χ1n) is 8.24. The number of phenolic OH excluding ortho intramolecular Hbond substituents is 1. The van der Waals surface area contributed by atoms with Gasteiger partial charge in [-0.3, -0.25) is 4.79 Å². The van der Waals surface area contributed by atoms with Crippen molar-refractivity contribution in [3.05, 3.63) is 52.5 Å². The van der Waals surface area contributed by atoms with E-state index in [0.29, 0.717) is 17.9 Å². The smallest absolute Gasteiger partial charge is 0.277 e. The molecule has 0 atom stereocenters. The van der Waals surface area contributed by atoms with Gasteiger partial charge in [0, 0.05) is 10.0 Å². The third-order valence-electron chi connectivity index (χ3n) is 3.34. The van der Waals surface area contributed by atoms with Crippen molar-refractivity contribution in [2.45, 2.75) is 19.8 Å². The molecule has 2 N–H and O–H groups in total. The van der Waals surface area contributed by atoms with Crippen LogP contribution in [-0.2, 0) is 4.79 Å². The number of nitrogens with one attached hydrogen (secondary N) is 1. The first kappa shape index (κ1) is 19.8. The summed E-state index contributed by atoms with van der Waals surface area (Å²) in [5.74, 6) is 1.01. The lowest BCUT2D eigenvalue weighted by atomic mass is 10.2. The number of unbranched alkanes of at least 4 members (excludes halogenated alkanes) is 1. The second-order valence-corrected chi connectivity index (χ2v) is 6.37. The summed E-state index contributed by atoms with van der Waals surface area (Å²) in [6.07, 6.45) is 3.46. The Balaban J connectivity index is 1.76. The molecule has 0 heterocycles. The molecule has 0 unspecified atom stereocenters. The highest BCUT2D eigenvalue weighted by atomic mass is 79.9. The van der Waals surface area contributed by atoms with E-state index in [2.05, 4.69) is 33.4 Å².